The molecule has 1 atom stereocenters. The molecule has 0 radical (unpaired) electrons. The largest absolute Gasteiger partial charge is 0.462 e. The van der Waals surface area contributed by atoms with Gasteiger partial charge in [-0.2, -0.15) is 0 Å². The maximum Gasteiger partial charge on any atom is 0.306 e. The van der Waals surface area contributed by atoms with E-state index in [0.29, 0.717) is 19.3 Å². The summed E-state index contributed by atoms with van der Waals surface area (Å²) in [7, 11) is 0. The molecule has 0 saturated heterocycles. The van der Waals surface area contributed by atoms with Crippen molar-refractivity contribution in [2.24, 2.45) is 0 Å². The third-order valence-electron chi connectivity index (χ3n) is 13.2. The van der Waals surface area contributed by atoms with E-state index in [4.69, 9.17) is 14.2 Å². The number of ether oxygens (including phenoxy) is 3. The molecule has 0 bridgehead atoms. The van der Waals surface area contributed by atoms with Crippen molar-refractivity contribution in [1.82, 2.24) is 0 Å². The van der Waals surface area contributed by atoms with E-state index in [-0.39, 0.29) is 31.1 Å². The van der Waals surface area contributed by atoms with Crippen LogP contribution >= 0.6 is 0 Å². The molecule has 0 aromatic heterocycles. The highest BCUT2D eigenvalue weighted by Gasteiger charge is 2.19. The number of carbonyl (C=O) groups is 3. The highest BCUT2D eigenvalue weighted by Crippen LogP contribution is 2.17. The van der Waals surface area contributed by atoms with Gasteiger partial charge in [0.15, 0.2) is 6.10 Å². The van der Waals surface area contributed by atoms with Gasteiger partial charge in [0.05, 0.1) is 0 Å². The molecule has 6 heteroatoms. The first-order valence-corrected chi connectivity index (χ1v) is 30.4. The highest BCUT2D eigenvalue weighted by atomic mass is 16.6. The summed E-state index contributed by atoms with van der Waals surface area (Å²) in [4.78, 5) is 37.9. The molecule has 0 aliphatic carbocycles. The monoisotopic (exact) mass is 991 g/mol. The Balaban J connectivity index is 4.09. The van der Waals surface area contributed by atoms with E-state index in [2.05, 4.69) is 93.7 Å². The fraction of sp³-hybridized carbons (Fsp3) is 0.769. The first-order chi connectivity index (χ1) is 35.0. The maximum atomic E-state index is 12.8. The minimum Gasteiger partial charge on any atom is -0.462 e. The zero-order valence-corrected chi connectivity index (χ0v) is 47.0. The average molecular weight is 992 g/mol. The van der Waals surface area contributed by atoms with Crippen LogP contribution in [0.4, 0.5) is 0 Å². The summed E-state index contributed by atoms with van der Waals surface area (Å²) in [6, 6.07) is 0. The fourth-order valence-corrected chi connectivity index (χ4v) is 8.68. The quantitative estimate of drug-likeness (QED) is 0.0261. The van der Waals surface area contributed by atoms with Crippen LogP contribution in [0.3, 0.4) is 0 Å². The standard InChI is InChI=1S/C65H114O6/c1-4-7-10-13-15-17-19-21-23-25-27-29-31-32-34-35-37-39-41-43-45-47-49-52-55-58-64(67)70-61-62(60-69-63(66)57-54-51-12-9-6-3)71-65(68)59-56-53-50-48-46-44-42-40-38-36-33-30-28-26-24-22-20-18-16-14-11-8-5-2/h7,10,15,17,21,23,27,29,32,34,37,39,62H,4-6,8-9,11-14,16,18-20,22,24-26,28,30-31,33,35-36,38,40-61H2,1-3H3/b10-7-,17-15-,23-21-,29-27-,34-32-,39-37-. The Bertz CT molecular complexity index is 1320. The number of carbonyl (C=O) groups excluding carboxylic acids is 3. The predicted octanol–water partition coefficient (Wildman–Crippen LogP) is 20.5. The lowest BCUT2D eigenvalue weighted by Gasteiger charge is -2.18. The van der Waals surface area contributed by atoms with Crippen molar-refractivity contribution in [2.75, 3.05) is 13.2 Å². The minimum atomic E-state index is -0.777. The Labute approximate surface area is 440 Å². The second kappa shape index (κ2) is 59.4. The molecule has 0 N–H and O–H groups in total. The molecular weight excluding hydrogens is 877 g/mol. The van der Waals surface area contributed by atoms with E-state index in [1.807, 2.05) is 0 Å². The van der Waals surface area contributed by atoms with E-state index in [1.165, 1.54) is 154 Å². The third kappa shape index (κ3) is 57.6. The Kier molecular flexibility index (Phi) is 56.8. The Hall–Kier alpha value is -3.15. The zero-order valence-electron chi connectivity index (χ0n) is 47.0. The van der Waals surface area contributed by atoms with Crippen LogP contribution in [-0.2, 0) is 28.6 Å². The molecular formula is C65H114O6. The van der Waals surface area contributed by atoms with Crippen LogP contribution in [0.2, 0.25) is 0 Å². The SMILES string of the molecule is CC/C=C\C/C=C\C/C=C\C/C=C\C/C=C\C/C=C\CCCCCCCCC(=O)OCC(COC(=O)CCCCCCC)OC(=O)CCCCCCCCCCCCCCCCCCCCCCCCC. The molecule has 0 aliphatic rings. The normalized spacial score (nSPS) is 12.5. The Morgan fingerprint density at radius 1 is 0.296 bits per heavy atom. The molecule has 71 heavy (non-hydrogen) atoms. The molecule has 0 amide bonds. The second-order valence-electron chi connectivity index (χ2n) is 20.2. The van der Waals surface area contributed by atoms with Gasteiger partial charge in [-0.3, -0.25) is 14.4 Å². The molecule has 0 saturated carbocycles. The summed E-state index contributed by atoms with van der Waals surface area (Å²) in [5, 5.41) is 0. The molecule has 0 rings (SSSR count). The van der Waals surface area contributed by atoms with Gasteiger partial charge in [0.25, 0.3) is 0 Å². The van der Waals surface area contributed by atoms with Crippen molar-refractivity contribution in [1.29, 1.82) is 0 Å². The number of esters is 3. The van der Waals surface area contributed by atoms with Gasteiger partial charge in [-0.05, 0) is 70.6 Å². The van der Waals surface area contributed by atoms with Crippen LogP contribution in [0.1, 0.15) is 303 Å². The van der Waals surface area contributed by atoms with Gasteiger partial charge in [0.1, 0.15) is 13.2 Å². The first-order valence-electron chi connectivity index (χ1n) is 30.4. The number of allylic oxidation sites excluding steroid dienone is 12. The third-order valence-corrected chi connectivity index (χ3v) is 13.2. The van der Waals surface area contributed by atoms with Crippen molar-refractivity contribution in [3.8, 4) is 0 Å². The smallest absolute Gasteiger partial charge is 0.306 e. The van der Waals surface area contributed by atoms with Gasteiger partial charge in [0.2, 0.25) is 0 Å². The van der Waals surface area contributed by atoms with Crippen LogP contribution in [0.5, 0.6) is 0 Å². The van der Waals surface area contributed by atoms with Crippen LogP contribution in [-0.4, -0.2) is 37.2 Å². The Morgan fingerprint density at radius 3 is 0.859 bits per heavy atom. The average Bonchev–Trinajstić information content (AvgIpc) is 3.37. The summed E-state index contributed by atoms with van der Waals surface area (Å²) < 4.78 is 16.7. The van der Waals surface area contributed by atoms with Gasteiger partial charge >= 0.3 is 17.9 Å². The number of hydrogen-bond donors (Lipinski definition) is 0. The predicted molar refractivity (Wildman–Crippen MR) is 307 cm³/mol. The molecule has 0 aliphatic heterocycles. The molecule has 0 spiro atoms. The highest BCUT2D eigenvalue weighted by molar-refractivity contribution is 5.71. The van der Waals surface area contributed by atoms with Crippen molar-refractivity contribution >= 4 is 17.9 Å². The lowest BCUT2D eigenvalue weighted by Crippen LogP contribution is -2.30. The topological polar surface area (TPSA) is 78.9 Å². The fourth-order valence-electron chi connectivity index (χ4n) is 8.68. The van der Waals surface area contributed by atoms with Crippen LogP contribution in [0.15, 0.2) is 72.9 Å². The summed E-state index contributed by atoms with van der Waals surface area (Å²) in [5.41, 5.74) is 0. The number of rotatable bonds is 55. The molecule has 0 aromatic carbocycles. The van der Waals surface area contributed by atoms with Crippen molar-refractivity contribution in [2.45, 2.75) is 309 Å². The van der Waals surface area contributed by atoms with E-state index in [0.717, 1.165) is 109 Å². The minimum absolute atomic E-state index is 0.0786. The summed E-state index contributed by atoms with van der Waals surface area (Å²) in [6.45, 7) is 6.46. The van der Waals surface area contributed by atoms with Crippen LogP contribution in [0, 0.1) is 0 Å². The van der Waals surface area contributed by atoms with Crippen LogP contribution < -0.4 is 0 Å². The van der Waals surface area contributed by atoms with Gasteiger partial charge in [-0.25, -0.2) is 0 Å². The van der Waals surface area contributed by atoms with Gasteiger partial charge in [-0.1, -0.05) is 286 Å². The van der Waals surface area contributed by atoms with Gasteiger partial charge in [-0.15, -0.1) is 0 Å². The maximum absolute atomic E-state index is 12.8. The van der Waals surface area contributed by atoms with Gasteiger partial charge < -0.3 is 14.2 Å². The second-order valence-corrected chi connectivity index (χ2v) is 20.2. The van der Waals surface area contributed by atoms with Crippen molar-refractivity contribution in [3.63, 3.8) is 0 Å². The Morgan fingerprint density at radius 2 is 0.549 bits per heavy atom. The molecule has 410 valence electrons. The first kappa shape index (κ1) is 67.8. The van der Waals surface area contributed by atoms with E-state index in [9.17, 15) is 14.4 Å². The molecule has 0 heterocycles. The van der Waals surface area contributed by atoms with E-state index >= 15 is 0 Å². The summed E-state index contributed by atoms with van der Waals surface area (Å²) >= 11 is 0. The lowest BCUT2D eigenvalue weighted by atomic mass is 10.0. The lowest BCUT2D eigenvalue weighted by molar-refractivity contribution is -0.167. The van der Waals surface area contributed by atoms with Crippen LogP contribution in [0.25, 0.3) is 0 Å². The molecule has 1 unspecified atom stereocenters. The summed E-state index contributed by atoms with van der Waals surface area (Å²) in [6.07, 6.45) is 76.6. The zero-order chi connectivity index (χ0) is 51.4. The van der Waals surface area contributed by atoms with Crippen molar-refractivity contribution in [3.05, 3.63) is 72.9 Å². The molecule has 0 aromatic rings. The van der Waals surface area contributed by atoms with Crippen molar-refractivity contribution < 1.29 is 28.6 Å². The summed E-state index contributed by atoms with van der Waals surface area (Å²) in [5.74, 6) is -0.896. The molecule has 0 fully saturated rings. The molecule has 6 nitrogen and oxygen atoms in total. The number of unbranched alkanes of at least 4 members (excludes halogenated alkanes) is 32. The van der Waals surface area contributed by atoms with Gasteiger partial charge in [0, 0.05) is 19.3 Å². The van der Waals surface area contributed by atoms with E-state index < -0.39 is 6.10 Å². The number of hydrogen-bond acceptors (Lipinski definition) is 6. The van der Waals surface area contributed by atoms with E-state index in [1.54, 1.807) is 0 Å².